The topological polar surface area (TPSA) is 59.5 Å². The van der Waals surface area contributed by atoms with E-state index in [1.165, 1.54) is 11.0 Å². The van der Waals surface area contributed by atoms with Crippen molar-refractivity contribution in [1.29, 1.82) is 0 Å². The summed E-state index contributed by atoms with van der Waals surface area (Å²) in [6.07, 6.45) is -0.119. The Labute approximate surface area is 174 Å². The SMILES string of the molecule is CCOC(=O)CCC(=O)N(Cc1nc2ccc(F)c(F)c2s1)c1ccc(Cl)cc1. The van der Waals surface area contributed by atoms with E-state index in [0.29, 0.717) is 21.2 Å². The van der Waals surface area contributed by atoms with E-state index in [4.69, 9.17) is 16.3 Å². The maximum atomic E-state index is 14.0. The number of aromatic nitrogens is 1. The van der Waals surface area contributed by atoms with Crippen molar-refractivity contribution in [2.24, 2.45) is 0 Å². The number of hydrogen-bond acceptors (Lipinski definition) is 5. The molecule has 0 aliphatic rings. The van der Waals surface area contributed by atoms with Crippen molar-refractivity contribution in [3.05, 3.63) is 58.1 Å². The van der Waals surface area contributed by atoms with Crippen molar-refractivity contribution < 1.29 is 23.1 Å². The number of hydrogen-bond donors (Lipinski definition) is 0. The van der Waals surface area contributed by atoms with Gasteiger partial charge >= 0.3 is 5.97 Å². The predicted octanol–water partition coefficient (Wildman–Crippen LogP) is 5.10. The molecule has 0 bridgehead atoms. The summed E-state index contributed by atoms with van der Waals surface area (Å²) in [5.41, 5.74) is 0.869. The van der Waals surface area contributed by atoms with Crippen LogP contribution in [0.3, 0.4) is 0 Å². The lowest BCUT2D eigenvalue weighted by Crippen LogP contribution is -2.30. The number of benzene rings is 2. The number of fused-ring (bicyclic) bond motifs is 1. The third-order valence-electron chi connectivity index (χ3n) is 4.08. The summed E-state index contributed by atoms with van der Waals surface area (Å²) in [4.78, 5) is 30.1. The van der Waals surface area contributed by atoms with E-state index >= 15 is 0 Å². The number of amides is 1. The van der Waals surface area contributed by atoms with Gasteiger partial charge in [0.1, 0.15) is 5.01 Å². The first-order chi connectivity index (χ1) is 13.9. The number of carbonyl (C=O) groups is 2. The molecule has 0 aliphatic carbocycles. The summed E-state index contributed by atoms with van der Waals surface area (Å²) in [6.45, 7) is 1.97. The smallest absolute Gasteiger partial charge is 0.306 e. The molecule has 5 nitrogen and oxygen atoms in total. The summed E-state index contributed by atoms with van der Waals surface area (Å²) >= 11 is 6.90. The molecule has 0 unspecified atom stereocenters. The molecule has 29 heavy (non-hydrogen) atoms. The molecule has 0 saturated heterocycles. The van der Waals surface area contributed by atoms with E-state index in [0.717, 1.165) is 17.4 Å². The van der Waals surface area contributed by atoms with Crippen molar-refractivity contribution in [3.8, 4) is 0 Å². The zero-order chi connectivity index (χ0) is 21.0. The van der Waals surface area contributed by atoms with Crippen molar-refractivity contribution in [1.82, 2.24) is 4.98 Å². The molecular formula is C20H17ClF2N2O3S. The number of anilines is 1. The molecule has 1 heterocycles. The van der Waals surface area contributed by atoms with Crippen LogP contribution in [0, 0.1) is 11.6 Å². The summed E-state index contributed by atoms with van der Waals surface area (Å²) in [7, 11) is 0. The second kappa shape index (κ2) is 9.28. The largest absolute Gasteiger partial charge is 0.466 e. The van der Waals surface area contributed by atoms with E-state index in [9.17, 15) is 18.4 Å². The van der Waals surface area contributed by atoms with Crippen LogP contribution >= 0.6 is 22.9 Å². The Morgan fingerprint density at radius 3 is 2.55 bits per heavy atom. The number of nitrogens with zero attached hydrogens (tertiary/aromatic N) is 2. The molecule has 1 amide bonds. The van der Waals surface area contributed by atoms with E-state index in [1.807, 2.05) is 0 Å². The van der Waals surface area contributed by atoms with Gasteiger partial charge in [0, 0.05) is 17.1 Å². The van der Waals surface area contributed by atoms with Crippen LogP contribution in [0.5, 0.6) is 0 Å². The van der Waals surface area contributed by atoms with Gasteiger partial charge in [-0.15, -0.1) is 11.3 Å². The molecule has 2 aromatic carbocycles. The molecule has 0 aliphatic heterocycles. The van der Waals surface area contributed by atoms with Gasteiger partial charge in [-0.05, 0) is 43.3 Å². The summed E-state index contributed by atoms with van der Waals surface area (Å²) < 4.78 is 32.4. The molecule has 0 radical (unpaired) electrons. The minimum Gasteiger partial charge on any atom is -0.466 e. The van der Waals surface area contributed by atoms with Gasteiger partial charge in [0.25, 0.3) is 0 Å². The van der Waals surface area contributed by atoms with Gasteiger partial charge in [-0.3, -0.25) is 9.59 Å². The summed E-state index contributed by atoms with van der Waals surface area (Å²) in [5, 5.41) is 0.939. The van der Waals surface area contributed by atoms with Gasteiger partial charge < -0.3 is 9.64 Å². The zero-order valence-corrected chi connectivity index (χ0v) is 17.0. The van der Waals surface area contributed by atoms with Gasteiger partial charge in [-0.2, -0.15) is 0 Å². The highest BCUT2D eigenvalue weighted by atomic mass is 35.5. The van der Waals surface area contributed by atoms with Crippen molar-refractivity contribution in [2.45, 2.75) is 26.3 Å². The second-order valence-electron chi connectivity index (χ2n) is 6.08. The number of ether oxygens (including phenoxy) is 1. The molecule has 3 aromatic rings. The first-order valence-corrected chi connectivity index (χ1v) is 10.0. The first kappa shape index (κ1) is 21.1. The standard InChI is InChI=1S/C20H17ClF2N2O3S/c1-2-28-18(27)10-9-17(26)25(13-5-3-12(21)4-6-13)11-16-24-15-8-7-14(22)19(23)20(15)29-16/h3-8H,2,9-11H2,1H3. The van der Waals surface area contributed by atoms with E-state index in [1.54, 1.807) is 31.2 Å². The maximum Gasteiger partial charge on any atom is 0.306 e. The molecule has 0 N–H and O–H groups in total. The van der Waals surface area contributed by atoms with Crippen LogP contribution in [-0.4, -0.2) is 23.5 Å². The Kier molecular flexibility index (Phi) is 6.76. The van der Waals surface area contributed by atoms with Crippen LogP contribution in [0.15, 0.2) is 36.4 Å². The quantitative estimate of drug-likeness (QED) is 0.481. The molecular weight excluding hydrogens is 422 g/mol. The van der Waals surface area contributed by atoms with Gasteiger partial charge in [0.05, 0.1) is 29.8 Å². The Balaban J connectivity index is 1.87. The fraction of sp³-hybridized carbons (Fsp3) is 0.250. The molecule has 0 saturated carbocycles. The molecule has 1 aromatic heterocycles. The van der Waals surface area contributed by atoms with Crippen LogP contribution in [0.1, 0.15) is 24.8 Å². The van der Waals surface area contributed by atoms with E-state index < -0.39 is 17.6 Å². The lowest BCUT2D eigenvalue weighted by Gasteiger charge is -2.22. The molecule has 0 fully saturated rings. The third-order valence-corrected chi connectivity index (χ3v) is 5.38. The lowest BCUT2D eigenvalue weighted by molar-refractivity contribution is -0.144. The average Bonchev–Trinajstić information content (AvgIpc) is 3.12. The molecule has 0 spiro atoms. The fourth-order valence-electron chi connectivity index (χ4n) is 2.71. The Bertz CT molecular complexity index is 1040. The Morgan fingerprint density at radius 1 is 1.14 bits per heavy atom. The maximum absolute atomic E-state index is 14.0. The Hall–Kier alpha value is -2.58. The van der Waals surface area contributed by atoms with Crippen LogP contribution in [0.4, 0.5) is 14.5 Å². The van der Waals surface area contributed by atoms with Crippen LogP contribution in [0.2, 0.25) is 5.02 Å². The van der Waals surface area contributed by atoms with Crippen molar-refractivity contribution in [3.63, 3.8) is 0 Å². The van der Waals surface area contributed by atoms with Crippen LogP contribution in [-0.2, 0) is 20.9 Å². The van der Waals surface area contributed by atoms with Crippen LogP contribution < -0.4 is 4.90 Å². The zero-order valence-electron chi connectivity index (χ0n) is 15.5. The highest BCUT2D eigenvalue weighted by Gasteiger charge is 2.21. The molecule has 0 atom stereocenters. The normalized spacial score (nSPS) is 10.9. The number of carbonyl (C=O) groups excluding carboxylic acids is 2. The minimum atomic E-state index is -0.960. The summed E-state index contributed by atoms with van der Waals surface area (Å²) in [5.74, 6) is -2.70. The molecule has 9 heteroatoms. The number of rotatable bonds is 7. The number of thiazole rings is 1. The fourth-order valence-corrected chi connectivity index (χ4v) is 3.81. The summed E-state index contributed by atoms with van der Waals surface area (Å²) in [6, 6.07) is 9.01. The number of esters is 1. The van der Waals surface area contributed by atoms with Gasteiger partial charge in [0.15, 0.2) is 11.6 Å². The first-order valence-electron chi connectivity index (χ1n) is 8.84. The van der Waals surface area contributed by atoms with E-state index in [-0.39, 0.29) is 36.6 Å². The van der Waals surface area contributed by atoms with Crippen molar-refractivity contribution in [2.75, 3.05) is 11.5 Å². The highest BCUT2D eigenvalue weighted by molar-refractivity contribution is 7.18. The molecule has 152 valence electrons. The Morgan fingerprint density at radius 2 is 1.86 bits per heavy atom. The predicted molar refractivity (Wildman–Crippen MR) is 108 cm³/mol. The minimum absolute atomic E-state index is 0.0453. The second-order valence-corrected chi connectivity index (χ2v) is 7.60. The number of halogens is 3. The van der Waals surface area contributed by atoms with Gasteiger partial charge in [0.2, 0.25) is 5.91 Å². The molecule has 3 rings (SSSR count). The van der Waals surface area contributed by atoms with Gasteiger partial charge in [-0.25, -0.2) is 13.8 Å². The monoisotopic (exact) mass is 438 g/mol. The third kappa shape index (κ3) is 5.07. The van der Waals surface area contributed by atoms with Gasteiger partial charge in [-0.1, -0.05) is 11.6 Å². The highest BCUT2D eigenvalue weighted by Crippen LogP contribution is 2.29. The van der Waals surface area contributed by atoms with Crippen molar-refractivity contribution >= 4 is 50.7 Å². The average molecular weight is 439 g/mol. The lowest BCUT2D eigenvalue weighted by atomic mass is 10.2. The van der Waals surface area contributed by atoms with E-state index in [2.05, 4.69) is 4.98 Å². The van der Waals surface area contributed by atoms with Crippen LogP contribution in [0.25, 0.3) is 10.2 Å².